The summed E-state index contributed by atoms with van der Waals surface area (Å²) < 4.78 is 5.14. The summed E-state index contributed by atoms with van der Waals surface area (Å²) in [4.78, 5) is 23.4. The molecule has 1 saturated heterocycles. The van der Waals surface area contributed by atoms with Gasteiger partial charge < -0.3 is 4.74 Å². The minimum absolute atomic E-state index is 0.0893. The highest BCUT2D eigenvalue weighted by Crippen LogP contribution is 2.29. The lowest BCUT2D eigenvalue weighted by atomic mass is 9.98. The van der Waals surface area contributed by atoms with Crippen molar-refractivity contribution in [1.82, 2.24) is 0 Å². The average Bonchev–Trinajstić information content (AvgIpc) is 3.17. The molecule has 1 heterocycles. The second-order valence-electron chi connectivity index (χ2n) is 4.48. The van der Waals surface area contributed by atoms with E-state index in [0.29, 0.717) is 5.56 Å². The minimum atomic E-state index is -0.590. The Morgan fingerprint density at radius 3 is 2.44 bits per heavy atom. The molecular formula is C15H12O3. The van der Waals surface area contributed by atoms with Gasteiger partial charge in [-0.2, -0.15) is 0 Å². The largest absolute Gasteiger partial charge is 0.353 e. The van der Waals surface area contributed by atoms with E-state index in [1.807, 2.05) is 36.4 Å². The molecule has 2 aromatic rings. The first-order valence-electron chi connectivity index (χ1n) is 5.86. The van der Waals surface area contributed by atoms with E-state index in [0.717, 1.165) is 10.8 Å². The fourth-order valence-corrected chi connectivity index (χ4v) is 2.21. The van der Waals surface area contributed by atoms with E-state index in [-0.39, 0.29) is 11.6 Å². The molecule has 1 aliphatic rings. The van der Waals surface area contributed by atoms with Crippen LogP contribution in [0.1, 0.15) is 17.3 Å². The normalized spacial score (nSPS) is 21.8. The van der Waals surface area contributed by atoms with Crippen molar-refractivity contribution in [3.05, 3.63) is 48.0 Å². The summed E-state index contributed by atoms with van der Waals surface area (Å²) in [6.45, 7) is 1.45. The molecule has 18 heavy (non-hydrogen) atoms. The molecule has 3 nitrogen and oxygen atoms in total. The molecule has 2 unspecified atom stereocenters. The van der Waals surface area contributed by atoms with Crippen molar-refractivity contribution in [3.63, 3.8) is 0 Å². The standard InChI is InChI=1S/C15H12O3/c1-9(16)14-15(18-14)13(17)12-8-4-6-10-5-2-3-7-11(10)12/h2-8,14-15H,1H3. The Hall–Kier alpha value is -2.00. The lowest BCUT2D eigenvalue weighted by Gasteiger charge is -2.03. The zero-order valence-corrected chi connectivity index (χ0v) is 9.92. The van der Waals surface area contributed by atoms with E-state index < -0.39 is 12.2 Å². The van der Waals surface area contributed by atoms with Crippen LogP contribution in [0.2, 0.25) is 0 Å². The number of carbonyl (C=O) groups is 2. The van der Waals surface area contributed by atoms with E-state index in [2.05, 4.69) is 0 Å². The number of hydrogen-bond acceptors (Lipinski definition) is 3. The van der Waals surface area contributed by atoms with E-state index in [1.165, 1.54) is 6.92 Å². The highest BCUT2D eigenvalue weighted by Gasteiger charge is 2.48. The lowest BCUT2D eigenvalue weighted by molar-refractivity contribution is -0.118. The third-order valence-electron chi connectivity index (χ3n) is 3.21. The van der Waals surface area contributed by atoms with Crippen LogP contribution in [0.4, 0.5) is 0 Å². The second kappa shape index (κ2) is 4.03. The lowest BCUT2D eigenvalue weighted by Crippen LogP contribution is -2.14. The van der Waals surface area contributed by atoms with Crippen molar-refractivity contribution in [3.8, 4) is 0 Å². The van der Waals surface area contributed by atoms with Gasteiger partial charge in [0.25, 0.3) is 0 Å². The summed E-state index contributed by atoms with van der Waals surface area (Å²) in [6, 6.07) is 13.3. The number of epoxide rings is 1. The Morgan fingerprint density at radius 2 is 1.72 bits per heavy atom. The molecular weight excluding hydrogens is 228 g/mol. The Bertz CT molecular complexity index is 640. The molecule has 0 bridgehead atoms. The number of carbonyl (C=O) groups excluding carboxylic acids is 2. The van der Waals surface area contributed by atoms with Crippen LogP contribution in [0.3, 0.4) is 0 Å². The molecule has 0 saturated carbocycles. The fraction of sp³-hybridized carbons (Fsp3) is 0.200. The second-order valence-corrected chi connectivity index (χ2v) is 4.48. The number of ether oxygens (including phenoxy) is 1. The van der Waals surface area contributed by atoms with Crippen molar-refractivity contribution in [2.45, 2.75) is 19.1 Å². The van der Waals surface area contributed by atoms with Crippen LogP contribution >= 0.6 is 0 Å². The quantitative estimate of drug-likeness (QED) is 0.611. The Labute approximate surface area is 104 Å². The van der Waals surface area contributed by atoms with Gasteiger partial charge in [0.05, 0.1) is 0 Å². The maximum absolute atomic E-state index is 12.3. The summed E-state index contributed by atoms with van der Waals surface area (Å²) in [5.41, 5.74) is 0.627. The third-order valence-corrected chi connectivity index (χ3v) is 3.21. The minimum Gasteiger partial charge on any atom is -0.353 e. The topological polar surface area (TPSA) is 46.7 Å². The van der Waals surface area contributed by atoms with Gasteiger partial charge in [-0.15, -0.1) is 0 Å². The van der Waals surface area contributed by atoms with Crippen molar-refractivity contribution in [2.75, 3.05) is 0 Å². The third kappa shape index (κ3) is 1.73. The number of ketones is 2. The summed E-state index contributed by atoms with van der Waals surface area (Å²) in [5, 5.41) is 1.92. The number of hydrogen-bond donors (Lipinski definition) is 0. The molecule has 1 fully saturated rings. The van der Waals surface area contributed by atoms with E-state index in [1.54, 1.807) is 6.07 Å². The number of benzene rings is 2. The van der Waals surface area contributed by atoms with Gasteiger partial charge in [0.2, 0.25) is 0 Å². The molecule has 3 heteroatoms. The first-order valence-corrected chi connectivity index (χ1v) is 5.86. The van der Waals surface area contributed by atoms with Crippen molar-refractivity contribution in [2.24, 2.45) is 0 Å². The Balaban J connectivity index is 2.00. The number of rotatable bonds is 3. The zero-order valence-electron chi connectivity index (χ0n) is 9.92. The van der Waals surface area contributed by atoms with Gasteiger partial charge in [-0.1, -0.05) is 42.5 Å². The van der Waals surface area contributed by atoms with Gasteiger partial charge in [0.15, 0.2) is 23.8 Å². The number of fused-ring (bicyclic) bond motifs is 1. The first kappa shape index (κ1) is 11.1. The van der Waals surface area contributed by atoms with E-state index >= 15 is 0 Å². The van der Waals surface area contributed by atoms with Crippen LogP contribution in [0, 0.1) is 0 Å². The smallest absolute Gasteiger partial charge is 0.195 e. The molecule has 90 valence electrons. The van der Waals surface area contributed by atoms with Crippen molar-refractivity contribution < 1.29 is 14.3 Å². The van der Waals surface area contributed by atoms with Gasteiger partial charge in [-0.25, -0.2) is 0 Å². The molecule has 0 N–H and O–H groups in total. The summed E-state index contributed by atoms with van der Waals surface area (Å²) in [5.74, 6) is -0.194. The Morgan fingerprint density at radius 1 is 1.00 bits per heavy atom. The molecule has 3 rings (SSSR count). The van der Waals surface area contributed by atoms with Crippen LogP contribution in [0.5, 0.6) is 0 Å². The SMILES string of the molecule is CC(=O)C1OC1C(=O)c1cccc2ccccc12. The molecule has 0 amide bonds. The maximum Gasteiger partial charge on any atom is 0.195 e. The monoisotopic (exact) mass is 240 g/mol. The highest BCUT2D eigenvalue weighted by atomic mass is 16.6. The summed E-state index contributed by atoms with van der Waals surface area (Å²) in [7, 11) is 0. The summed E-state index contributed by atoms with van der Waals surface area (Å²) in [6.07, 6.45) is -1.13. The molecule has 1 aliphatic heterocycles. The fourth-order valence-electron chi connectivity index (χ4n) is 2.21. The van der Waals surface area contributed by atoms with Gasteiger partial charge in [0.1, 0.15) is 0 Å². The summed E-state index contributed by atoms with van der Waals surface area (Å²) >= 11 is 0. The van der Waals surface area contributed by atoms with Gasteiger partial charge >= 0.3 is 0 Å². The molecule has 0 aromatic heterocycles. The Kier molecular flexibility index (Phi) is 2.49. The number of Topliss-reactive ketones (excluding diaryl/α,β-unsaturated/α-hetero) is 2. The van der Waals surface area contributed by atoms with Crippen LogP contribution < -0.4 is 0 Å². The first-order chi connectivity index (χ1) is 8.68. The molecule has 2 atom stereocenters. The predicted octanol–water partition coefficient (Wildman–Crippen LogP) is 2.38. The highest BCUT2D eigenvalue weighted by molar-refractivity contribution is 6.13. The molecule has 0 aliphatic carbocycles. The molecule has 0 spiro atoms. The van der Waals surface area contributed by atoms with Gasteiger partial charge in [-0.3, -0.25) is 9.59 Å². The van der Waals surface area contributed by atoms with Crippen molar-refractivity contribution in [1.29, 1.82) is 0 Å². The van der Waals surface area contributed by atoms with Crippen LogP contribution in [0.15, 0.2) is 42.5 Å². The molecule has 2 aromatic carbocycles. The van der Waals surface area contributed by atoms with Crippen LogP contribution in [-0.2, 0) is 9.53 Å². The van der Waals surface area contributed by atoms with Crippen LogP contribution in [0.25, 0.3) is 10.8 Å². The van der Waals surface area contributed by atoms with Crippen LogP contribution in [-0.4, -0.2) is 23.8 Å². The van der Waals surface area contributed by atoms with Gasteiger partial charge in [-0.05, 0) is 17.7 Å². The zero-order chi connectivity index (χ0) is 12.7. The van der Waals surface area contributed by atoms with Crippen molar-refractivity contribution >= 4 is 22.3 Å². The average molecular weight is 240 g/mol. The van der Waals surface area contributed by atoms with E-state index in [4.69, 9.17) is 4.74 Å². The maximum atomic E-state index is 12.3. The van der Waals surface area contributed by atoms with Gasteiger partial charge in [0, 0.05) is 5.56 Å². The predicted molar refractivity (Wildman–Crippen MR) is 67.6 cm³/mol. The van der Waals surface area contributed by atoms with E-state index in [9.17, 15) is 9.59 Å². The molecule has 0 radical (unpaired) electrons.